The van der Waals surface area contributed by atoms with Crippen LogP contribution in [0.15, 0.2) is 66.7 Å². The van der Waals surface area contributed by atoms with Crippen LogP contribution in [0.5, 0.6) is 5.75 Å². The SMILES string of the molecule is O=C(c1cccc2c1NC(c1c(O)ccc3ccccc13)C1CC=CC21)N1CCCCCC1. The Balaban J connectivity index is 1.47. The Kier molecular flexibility index (Phi) is 5.09. The van der Waals surface area contributed by atoms with Crippen LogP contribution in [0.1, 0.15) is 65.5 Å². The number of amides is 1. The van der Waals surface area contributed by atoms with Gasteiger partial charge in [-0.2, -0.15) is 0 Å². The Bertz CT molecular complexity index is 1240. The number of para-hydroxylation sites is 1. The Hall–Kier alpha value is -3.27. The van der Waals surface area contributed by atoms with E-state index in [1.165, 1.54) is 18.4 Å². The van der Waals surface area contributed by atoms with Crippen molar-refractivity contribution in [3.05, 3.63) is 83.4 Å². The van der Waals surface area contributed by atoms with E-state index in [1.54, 1.807) is 6.07 Å². The van der Waals surface area contributed by atoms with Gasteiger partial charge in [0.05, 0.1) is 17.3 Å². The molecule has 0 spiro atoms. The van der Waals surface area contributed by atoms with Gasteiger partial charge in [-0.25, -0.2) is 0 Å². The van der Waals surface area contributed by atoms with Gasteiger partial charge in [-0.15, -0.1) is 0 Å². The number of benzene rings is 3. The van der Waals surface area contributed by atoms with Crippen LogP contribution in [-0.2, 0) is 0 Å². The number of nitrogens with zero attached hydrogens (tertiary/aromatic N) is 1. The Labute approximate surface area is 194 Å². The van der Waals surface area contributed by atoms with Crippen LogP contribution in [0, 0.1) is 5.92 Å². The Morgan fingerprint density at radius 3 is 2.61 bits per heavy atom. The maximum Gasteiger partial charge on any atom is 0.255 e. The zero-order valence-electron chi connectivity index (χ0n) is 18.8. The predicted octanol–water partition coefficient (Wildman–Crippen LogP) is 6.39. The zero-order valence-corrected chi connectivity index (χ0v) is 18.8. The maximum atomic E-state index is 13.7. The van der Waals surface area contributed by atoms with Gasteiger partial charge in [0.15, 0.2) is 0 Å². The summed E-state index contributed by atoms with van der Waals surface area (Å²) < 4.78 is 0. The first-order chi connectivity index (χ1) is 16.2. The first-order valence-electron chi connectivity index (χ1n) is 12.3. The third-order valence-electron chi connectivity index (χ3n) is 7.78. The molecule has 6 rings (SSSR count). The maximum absolute atomic E-state index is 13.7. The number of carbonyl (C=O) groups excluding carboxylic acids is 1. The molecule has 4 nitrogen and oxygen atoms in total. The molecular formula is C29H30N2O2. The number of phenolic OH excluding ortho intramolecular Hbond substituents is 1. The number of likely N-dealkylation sites (tertiary alicyclic amines) is 1. The number of anilines is 1. The monoisotopic (exact) mass is 438 g/mol. The van der Waals surface area contributed by atoms with E-state index in [-0.39, 0.29) is 17.9 Å². The lowest BCUT2D eigenvalue weighted by atomic mass is 9.75. The van der Waals surface area contributed by atoms with Crippen LogP contribution in [0.25, 0.3) is 10.8 Å². The molecule has 3 unspecified atom stereocenters. The molecule has 1 amide bonds. The van der Waals surface area contributed by atoms with E-state index in [4.69, 9.17) is 0 Å². The van der Waals surface area contributed by atoms with Crippen LogP contribution >= 0.6 is 0 Å². The van der Waals surface area contributed by atoms with Gasteiger partial charge in [0, 0.05) is 24.6 Å². The van der Waals surface area contributed by atoms with Crippen molar-refractivity contribution in [3.63, 3.8) is 0 Å². The van der Waals surface area contributed by atoms with Crippen molar-refractivity contribution in [2.75, 3.05) is 18.4 Å². The minimum absolute atomic E-state index is 0.0679. The topological polar surface area (TPSA) is 52.6 Å². The first-order valence-corrected chi connectivity index (χ1v) is 12.3. The fourth-order valence-corrected chi connectivity index (χ4v) is 6.14. The minimum atomic E-state index is -0.0679. The number of aromatic hydroxyl groups is 1. The van der Waals surface area contributed by atoms with Crippen LogP contribution in [0.4, 0.5) is 5.69 Å². The summed E-state index contributed by atoms with van der Waals surface area (Å²) in [5, 5.41) is 17.0. The molecule has 1 aliphatic carbocycles. The largest absolute Gasteiger partial charge is 0.508 e. The fraction of sp³-hybridized carbons (Fsp3) is 0.345. The highest BCUT2D eigenvalue weighted by Gasteiger charge is 2.41. The summed E-state index contributed by atoms with van der Waals surface area (Å²) in [6.07, 6.45) is 10.1. The lowest BCUT2D eigenvalue weighted by Gasteiger charge is -2.39. The summed E-state index contributed by atoms with van der Waals surface area (Å²) in [5.41, 5.74) is 3.84. The summed E-state index contributed by atoms with van der Waals surface area (Å²) >= 11 is 0. The summed E-state index contributed by atoms with van der Waals surface area (Å²) in [5.74, 6) is 0.985. The van der Waals surface area contributed by atoms with Gasteiger partial charge in [0.1, 0.15) is 5.75 Å². The molecule has 1 saturated heterocycles. The second-order valence-corrected chi connectivity index (χ2v) is 9.67. The zero-order chi connectivity index (χ0) is 22.4. The number of rotatable bonds is 2. The minimum Gasteiger partial charge on any atom is -0.508 e. The molecule has 2 N–H and O–H groups in total. The quantitative estimate of drug-likeness (QED) is 0.456. The summed E-state index contributed by atoms with van der Waals surface area (Å²) in [6.45, 7) is 1.67. The van der Waals surface area contributed by atoms with Crippen molar-refractivity contribution < 1.29 is 9.90 Å². The van der Waals surface area contributed by atoms with Gasteiger partial charge in [0.25, 0.3) is 5.91 Å². The molecule has 3 aromatic carbocycles. The number of fused-ring (bicyclic) bond motifs is 4. The third kappa shape index (κ3) is 3.40. The van der Waals surface area contributed by atoms with Crippen LogP contribution in [-0.4, -0.2) is 29.0 Å². The van der Waals surface area contributed by atoms with E-state index in [9.17, 15) is 9.90 Å². The average Bonchev–Trinajstić information content (AvgIpc) is 3.19. The lowest BCUT2D eigenvalue weighted by Crippen LogP contribution is -2.35. The first kappa shape index (κ1) is 20.3. The highest BCUT2D eigenvalue weighted by atomic mass is 16.3. The van der Waals surface area contributed by atoms with E-state index < -0.39 is 0 Å². The highest BCUT2D eigenvalue weighted by molar-refractivity contribution is 6.01. The van der Waals surface area contributed by atoms with Gasteiger partial charge < -0.3 is 15.3 Å². The molecule has 3 aliphatic rings. The molecule has 168 valence electrons. The van der Waals surface area contributed by atoms with Crippen molar-refractivity contribution in [3.8, 4) is 5.75 Å². The number of nitrogens with one attached hydrogen (secondary N) is 1. The standard InChI is InChI=1S/C29H30N2O2/c32-25-16-15-19-9-3-4-10-20(19)26(25)28-23-13-7-11-21(23)22-12-8-14-24(27(22)30-28)29(33)31-17-5-1-2-6-18-31/h3-4,7-12,14-16,21,23,28,30,32H,1-2,5-6,13,17-18H2. The smallest absolute Gasteiger partial charge is 0.255 e. The summed E-state index contributed by atoms with van der Waals surface area (Å²) in [6, 6.07) is 18.1. The second-order valence-electron chi connectivity index (χ2n) is 9.67. The van der Waals surface area contributed by atoms with Crippen molar-refractivity contribution >= 4 is 22.4 Å². The van der Waals surface area contributed by atoms with Gasteiger partial charge in [-0.3, -0.25) is 4.79 Å². The Morgan fingerprint density at radius 2 is 1.76 bits per heavy atom. The number of carbonyl (C=O) groups is 1. The molecule has 3 atom stereocenters. The average molecular weight is 439 g/mol. The van der Waals surface area contributed by atoms with Crippen molar-refractivity contribution in [1.29, 1.82) is 0 Å². The molecule has 2 heterocycles. The van der Waals surface area contributed by atoms with Gasteiger partial charge in [-0.1, -0.05) is 67.5 Å². The van der Waals surface area contributed by atoms with E-state index in [1.807, 2.05) is 35.2 Å². The van der Waals surface area contributed by atoms with Gasteiger partial charge >= 0.3 is 0 Å². The number of hydrogen-bond acceptors (Lipinski definition) is 3. The van der Waals surface area contributed by atoms with Crippen LogP contribution < -0.4 is 5.32 Å². The van der Waals surface area contributed by atoms with E-state index >= 15 is 0 Å². The normalized spacial score (nSPS) is 24.1. The number of phenols is 1. The van der Waals surface area contributed by atoms with E-state index in [2.05, 4.69) is 35.7 Å². The molecular weight excluding hydrogens is 408 g/mol. The van der Waals surface area contributed by atoms with Crippen molar-refractivity contribution in [1.82, 2.24) is 4.90 Å². The summed E-state index contributed by atoms with van der Waals surface area (Å²) in [4.78, 5) is 15.7. The molecule has 0 bridgehead atoms. The van der Waals surface area contributed by atoms with Gasteiger partial charge in [0.2, 0.25) is 0 Å². The molecule has 0 radical (unpaired) electrons. The predicted molar refractivity (Wildman–Crippen MR) is 133 cm³/mol. The molecule has 33 heavy (non-hydrogen) atoms. The third-order valence-corrected chi connectivity index (χ3v) is 7.78. The molecule has 0 saturated carbocycles. The lowest BCUT2D eigenvalue weighted by molar-refractivity contribution is 0.0762. The number of allylic oxidation sites excluding steroid dienone is 2. The summed E-state index contributed by atoms with van der Waals surface area (Å²) in [7, 11) is 0. The molecule has 1 fully saturated rings. The molecule has 3 aromatic rings. The second kappa shape index (κ2) is 8.26. The van der Waals surface area contributed by atoms with Crippen molar-refractivity contribution in [2.45, 2.75) is 44.1 Å². The van der Waals surface area contributed by atoms with Gasteiger partial charge in [-0.05, 0) is 53.6 Å². The number of hydrogen-bond donors (Lipinski definition) is 2. The van der Waals surface area contributed by atoms with Crippen LogP contribution in [0.2, 0.25) is 0 Å². The fourth-order valence-electron chi connectivity index (χ4n) is 6.14. The molecule has 2 aliphatic heterocycles. The molecule has 0 aromatic heterocycles. The van der Waals surface area contributed by atoms with E-state index in [0.717, 1.165) is 59.9 Å². The van der Waals surface area contributed by atoms with Crippen LogP contribution in [0.3, 0.4) is 0 Å². The Morgan fingerprint density at radius 1 is 0.939 bits per heavy atom. The molecule has 4 heteroatoms. The highest BCUT2D eigenvalue weighted by Crippen LogP contribution is 2.53. The van der Waals surface area contributed by atoms with Crippen molar-refractivity contribution in [2.24, 2.45) is 5.92 Å². The van der Waals surface area contributed by atoms with E-state index in [0.29, 0.717) is 11.7 Å².